The van der Waals surface area contributed by atoms with Crippen LogP contribution in [0, 0.1) is 37.5 Å². The largest absolute Gasteiger partial charge is 0.458 e. The monoisotopic (exact) mass is 1470 g/mol. The van der Waals surface area contributed by atoms with Crippen molar-refractivity contribution < 1.29 is 76.6 Å². The number of ether oxygens (including phenoxy) is 2. The summed E-state index contributed by atoms with van der Waals surface area (Å²) in [5, 5.41) is 30.2. The molecule has 7 aliphatic rings. The summed E-state index contributed by atoms with van der Waals surface area (Å²) >= 11 is 0. The smallest absolute Gasteiger partial charge is 0.329 e. The van der Waals surface area contributed by atoms with Crippen LogP contribution < -0.4 is 37.3 Å². The van der Waals surface area contributed by atoms with Crippen LogP contribution in [0.1, 0.15) is 174 Å². The van der Waals surface area contributed by atoms with E-state index in [1.54, 1.807) is 62.3 Å². The third kappa shape index (κ3) is 17.4. The van der Waals surface area contributed by atoms with Gasteiger partial charge in [0.1, 0.15) is 71.8 Å². The number of aromatic nitrogens is 1. The van der Waals surface area contributed by atoms with E-state index in [0.29, 0.717) is 44.2 Å². The number of carbonyl (C=O) groups is 12. The maximum atomic E-state index is 16.0. The predicted molar refractivity (Wildman–Crippen MR) is 387 cm³/mol. The molecule has 5 saturated heterocycles. The number of benzene rings is 2. The summed E-state index contributed by atoms with van der Waals surface area (Å²) in [6.07, 6.45) is -0.168. The first-order valence-corrected chi connectivity index (χ1v) is 36.7. The number of aryl methyl sites for hydroxylation is 1. The van der Waals surface area contributed by atoms with Gasteiger partial charge in [-0.15, -0.1) is 0 Å². The van der Waals surface area contributed by atoms with Crippen molar-refractivity contribution in [3.8, 4) is 11.5 Å². The number of fused-ring (bicyclic) bond motifs is 4. The lowest BCUT2D eigenvalue weighted by atomic mass is 9.79. The number of amides is 10. The van der Waals surface area contributed by atoms with Crippen molar-refractivity contribution in [2.24, 2.45) is 23.7 Å². The van der Waals surface area contributed by atoms with Crippen molar-refractivity contribution in [2.45, 2.75) is 233 Å². The normalized spacial score (nSPS) is 26.4. The minimum Gasteiger partial charge on any atom is -0.458 e. The first-order chi connectivity index (χ1) is 49.0. The minimum atomic E-state index is -1.90. The molecule has 7 N–H and O–H groups in total. The molecule has 6 heterocycles. The highest BCUT2D eigenvalue weighted by atomic mass is 16.6. The quantitative estimate of drug-likeness (QED) is 0.0693. The fourth-order valence-electron chi connectivity index (χ4n) is 15.4. The van der Waals surface area contributed by atoms with E-state index in [9.17, 15) is 43.6 Å². The van der Waals surface area contributed by atoms with Gasteiger partial charge in [0.2, 0.25) is 52.7 Å². The van der Waals surface area contributed by atoms with Gasteiger partial charge in [-0.05, 0) is 142 Å². The number of rotatable bonds is 14. The van der Waals surface area contributed by atoms with Crippen molar-refractivity contribution in [1.29, 1.82) is 0 Å². The molecule has 105 heavy (non-hydrogen) atoms. The second-order valence-corrected chi connectivity index (χ2v) is 31.8. The topological polar surface area (TPSA) is 381 Å². The molecule has 0 radical (unpaired) electrons. The van der Waals surface area contributed by atoms with Gasteiger partial charge in [-0.1, -0.05) is 61.5 Å². The summed E-state index contributed by atoms with van der Waals surface area (Å²) in [5.41, 5.74) is -3.28. The van der Waals surface area contributed by atoms with Gasteiger partial charge in [0.25, 0.3) is 11.8 Å². The number of esters is 2. The molecule has 1 aromatic carbocycles. The van der Waals surface area contributed by atoms with Gasteiger partial charge in [0, 0.05) is 70.5 Å². The molecule has 31 nitrogen and oxygen atoms in total. The Kier molecular flexibility index (Phi) is 25.6. The van der Waals surface area contributed by atoms with Gasteiger partial charge < -0.3 is 80.4 Å². The molecule has 0 saturated carbocycles. The number of nitrogens with one attached hydrogen (secondary N) is 6. The molecule has 0 aromatic heterocycles. The summed E-state index contributed by atoms with van der Waals surface area (Å²) in [5.74, 6) is -12.3. The molecule has 0 spiro atoms. The third-order valence-electron chi connectivity index (χ3n) is 21.2. The number of nitrogens with zero attached hydrogens (tertiary/aromatic N) is 8. The lowest BCUT2D eigenvalue weighted by Gasteiger charge is -2.51. The van der Waals surface area contributed by atoms with Crippen LogP contribution in [0.3, 0.4) is 0 Å². The Balaban J connectivity index is 1.26. The van der Waals surface area contributed by atoms with Crippen LogP contribution in [-0.2, 0) is 57.4 Å². The second kappa shape index (κ2) is 32.9. The van der Waals surface area contributed by atoms with Crippen LogP contribution >= 0.6 is 0 Å². The Morgan fingerprint density at radius 2 is 1.08 bits per heavy atom. The van der Waals surface area contributed by atoms with Crippen LogP contribution in [0.2, 0.25) is 0 Å². The second-order valence-electron chi connectivity index (χ2n) is 31.8. The zero-order valence-corrected chi connectivity index (χ0v) is 64.6. The number of cyclic esters (lactones) is 2. The van der Waals surface area contributed by atoms with E-state index in [4.69, 9.17) is 18.9 Å². The molecule has 5 fully saturated rings. The molecule has 0 bridgehead atoms. The van der Waals surface area contributed by atoms with Gasteiger partial charge in [-0.2, -0.15) is 5.06 Å². The minimum absolute atomic E-state index is 0.0293. The molecule has 10 atom stereocenters. The third-order valence-corrected chi connectivity index (χ3v) is 21.2. The average molecular weight is 1470 g/mol. The Morgan fingerprint density at radius 3 is 1.51 bits per heavy atom. The lowest BCUT2D eigenvalue weighted by Crippen LogP contribution is -2.62. The summed E-state index contributed by atoms with van der Waals surface area (Å²) in [6, 6.07) is -7.99. The molecular weight excluding hydrogens is 1360 g/mol. The molecule has 8 rings (SSSR count). The number of piperidine rings is 1. The molecule has 6 aliphatic heterocycles. The van der Waals surface area contributed by atoms with E-state index < -0.39 is 190 Å². The van der Waals surface area contributed by atoms with Crippen molar-refractivity contribution in [3.05, 3.63) is 44.6 Å². The molecule has 10 unspecified atom stereocenters. The van der Waals surface area contributed by atoms with Crippen LogP contribution in [-0.4, -0.2) is 261 Å². The highest BCUT2D eigenvalue weighted by Crippen LogP contribution is 2.38. The van der Waals surface area contributed by atoms with Crippen LogP contribution in [0.25, 0.3) is 22.6 Å². The maximum Gasteiger partial charge on any atom is 0.329 e. The molecule has 1 aromatic rings. The van der Waals surface area contributed by atoms with Gasteiger partial charge >= 0.3 is 11.9 Å². The Bertz CT molecular complexity index is 3870. The Morgan fingerprint density at radius 1 is 0.629 bits per heavy atom. The van der Waals surface area contributed by atoms with Gasteiger partial charge in [0.05, 0.1) is 29.9 Å². The van der Waals surface area contributed by atoms with E-state index >= 15 is 24.0 Å². The van der Waals surface area contributed by atoms with Crippen molar-refractivity contribution in [2.75, 3.05) is 72.8 Å². The predicted octanol–water partition coefficient (Wildman–Crippen LogP) is 2.95. The van der Waals surface area contributed by atoms with Gasteiger partial charge in [-0.25, -0.2) is 14.6 Å². The summed E-state index contributed by atoms with van der Waals surface area (Å²) in [6.45, 7) is 26.8. The first kappa shape index (κ1) is 81.8. The summed E-state index contributed by atoms with van der Waals surface area (Å²) < 4.78 is 18.8. The van der Waals surface area contributed by atoms with Gasteiger partial charge in [-0.3, -0.25) is 52.7 Å². The molecule has 31 heteroatoms. The van der Waals surface area contributed by atoms with Crippen molar-refractivity contribution in [1.82, 2.24) is 66.0 Å². The Hall–Kier alpha value is -8.84. The fourth-order valence-corrected chi connectivity index (χ4v) is 15.4. The number of hydrogen-bond acceptors (Lipinski definition) is 21. The molecule has 578 valence electrons. The van der Waals surface area contributed by atoms with Crippen LogP contribution in [0.15, 0.2) is 21.3 Å². The lowest BCUT2D eigenvalue weighted by molar-refractivity contribution is -0.246. The SMILES string of the molecule is Cc1c2oc3c(C)ccc(C(=O)NC4C(=O)NC(C(C)C)C(=O)N5CCCC5C(=O)N(C)CC(=O)N(C)C(C(C)C)C(=O)OC4C)c3nc-2c(C(=O)NC2C(=O)NC(C(C)C)C(=O)N3CCCC3C(=O)N(C)CC(=O)N(C)C(C(C)C)C(=O)OC2C)c(NCCCNC2CC(C)(C)N(O)C(C)(C)C2)c1=O. The fraction of sp³-hybridized carbons (Fsp3) is 0.676. The first-order valence-electron chi connectivity index (χ1n) is 36.7. The number of hydroxylamine groups is 2. The number of anilines is 1. The number of carbonyl (C=O) groups excluding carboxylic acids is 12. The van der Waals surface area contributed by atoms with E-state index in [-0.39, 0.29) is 77.9 Å². The van der Waals surface area contributed by atoms with Crippen molar-refractivity contribution >= 4 is 87.8 Å². The van der Waals surface area contributed by atoms with E-state index in [1.165, 1.54) is 85.8 Å². The van der Waals surface area contributed by atoms with Crippen molar-refractivity contribution in [3.63, 3.8) is 0 Å². The molecule has 1 aliphatic carbocycles. The highest BCUT2D eigenvalue weighted by Gasteiger charge is 2.48. The van der Waals surface area contributed by atoms with Crippen LogP contribution in [0.4, 0.5) is 5.69 Å². The Labute approximate surface area is 613 Å². The van der Waals surface area contributed by atoms with E-state index in [1.807, 2.05) is 27.7 Å². The van der Waals surface area contributed by atoms with E-state index in [2.05, 4.69) is 31.9 Å². The maximum absolute atomic E-state index is 16.0. The van der Waals surface area contributed by atoms with Gasteiger partial charge in [0.15, 0.2) is 11.3 Å². The zero-order valence-electron chi connectivity index (χ0n) is 64.6. The average Bonchev–Trinajstić information content (AvgIpc) is 1.16. The highest BCUT2D eigenvalue weighted by molar-refractivity contribution is 6.11. The zero-order chi connectivity index (χ0) is 78.1. The van der Waals surface area contributed by atoms with Crippen LogP contribution in [0.5, 0.6) is 0 Å². The summed E-state index contributed by atoms with van der Waals surface area (Å²) in [4.78, 5) is 204. The van der Waals surface area contributed by atoms with E-state index in [0.717, 1.165) is 9.80 Å². The molecular formula is C74H110N14O17. The number of hydrogen-bond donors (Lipinski definition) is 7. The summed E-state index contributed by atoms with van der Waals surface area (Å²) in [7, 11) is 5.63. The molecule has 10 amide bonds. The standard InChI is InChI=1S/C74H110N14O17/c1-36(2)51-69(98)86-30-21-24-46(86)67(96)82(17)34-48(89)84(19)58(38(5)6)71(100)103-42(11)53(65(94)78-51)80-63(92)45-27-26-40(9)61-55(45)77-57-50(56(60(91)41(10)62(57)105-61)76-29-23-28-75-44-32-73(13,14)88(102)74(15,16)33-44)64(93)81-54-43(12)104-72(101)59(39(7)8)85(20)49(90)35-83(18)68(97)47-25-22-31-87(47)70(99)52(37(3)4)79-66(54)95/h26-27,36-39,42-44,46-47,51-54,58-59,75-76,102H,21-25,28-35H2,1-20H3,(H,78,94)(H,79,95)(H,80,92)(H,81,93). The number of likely N-dealkylation sites (N-methyl/N-ethyl adjacent to an activating group) is 4.